The van der Waals surface area contributed by atoms with E-state index in [2.05, 4.69) is 0 Å². The van der Waals surface area contributed by atoms with Gasteiger partial charge in [-0.25, -0.2) is 4.79 Å². The fourth-order valence-corrected chi connectivity index (χ4v) is 0.732. The van der Waals surface area contributed by atoms with E-state index >= 15 is 0 Å². The fraction of sp³-hybridized carbons (Fsp3) is 0. The number of carboxylic acid groups (broad SMARTS) is 1. The van der Waals surface area contributed by atoms with Gasteiger partial charge in [0.25, 0.3) is 0 Å². The van der Waals surface area contributed by atoms with Crippen LogP contribution in [0.1, 0.15) is 5.56 Å². The molecule has 0 saturated carbocycles. The molecule has 1 N–H and O–H groups in total. The normalized spacial score (nSPS) is 9.33. The van der Waals surface area contributed by atoms with Crippen molar-refractivity contribution in [3.8, 4) is 0 Å². The molecule has 2 nitrogen and oxygen atoms in total. The van der Waals surface area contributed by atoms with Gasteiger partial charge in [0.15, 0.2) is 0 Å². The molecule has 0 spiro atoms. The minimum Gasteiger partial charge on any atom is -0.478 e. The van der Waals surface area contributed by atoms with E-state index < -0.39 is 5.97 Å². The Morgan fingerprint density at radius 2 is 1.83 bits per heavy atom. The van der Waals surface area contributed by atoms with Crippen LogP contribution in [-0.4, -0.2) is 11.1 Å². The number of rotatable bonds is 2. The van der Waals surface area contributed by atoms with Gasteiger partial charge in [0, 0.05) is 23.1 Å². The van der Waals surface area contributed by atoms with Gasteiger partial charge in [-0.1, -0.05) is 30.3 Å². The predicted octanol–water partition coefficient (Wildman–Crippen LogP) is 1.78. The minimum atomic E-state index is -0.922. The van der Waals surface area contributed by atoms with Gasteiger partial charge >= 0.3 is 5.97 Å². The molecule has 0 atom stereocenters. The van der Waals surface area contributed by atoms with Gasteiger partial charge in [-0.2, -0.15) is 0 Å². The van der Waals surface area contributed by atoms with E-state index in [1.165, 1.54) is 0 Å². The smallest absolute Gasteiger partial charge is 0.328 e. The third-order valence-corrected chi connectivity index (χ3v) is 1.22. The van der Waals surface area contributed by atoms with Crippen molar-refractivity contribution in [1.82, 2.24) is 0 Å². The molecule has 0 saturated heterocycles. The van der Waals surface area contributed by atoms with Gasteiger partial charge in [0.05, 0.1) is 0 Å². The number of carbonyl (C=O) groups is 1. The second kappa shape index (κ2) is 5.58. The minimum absolute atomic E-state index is 0. The Labute approximate surface area is 81.4 Å². The van der Waals surface area contributed by atoms with Gasteiger partial charge in [-0.05, 0) is 11.6 Å². The van der Waals surface area contributed by atoms with Crippen LogP contribution in [0.25, 0.3) is 6.08 Å². The van der Waals surface area contributed by atoms with Gasteiger partial charge in [0.1, 0.15) is 0 Å². The molecule has 1 aromatic carbocycles. The van der Waals surface area contributed by atoms with Crippen LogP contribution in [0.4, 0.5) is 0 Å². The largest absolute Gasteiger partial charge is 0.478 e. The zero-order chi connectivity index (χ0) is 8.10. The Morgan fingerprint density at radius 3 is 2.33 bits per heavy atom. The van der Waals surface area contributed by atoms with E-state index in [4.69, 9.17) is 5.11 Å². The van der Waals surface area contributed by atoms with Crippen LogP contribution in [0.2, 0.25) is 0 Å². The van der Waals surface area contributed by atoms with Crippen molar-refractivity contribution in [3.63, 3.8) is 0 Å². The molecule has 1 radical (unpaired) electrons. The summed E-state index contributed by atoms with van der Waals surface area (Å²) in [6.07, 6.45) is 2.68. The summed E-state index contributed by atoms with van der Waals surface area (Å²) in [5.74, 6) is -0.922. The summed E-state index contributed by atoms with van der Waals surface area (Å²) in [5.41, 5.74) is 0.898. The quantitative estimate of drug-likeness (QED) is 0.598. The average molecular weight is 212 g/mol. The second-order valence-electron chi connectivity index (χ2n) is 2.08. The van der Waals surface area contributed by atoms with Crippen molar-refractivity contribution in [1.29, 1.82) is 0 Å². The first-order valence-corrected chi connectivity index (χ1v) is 3.25. The third-order valence-electron chi connectivity index (χ3n) is 1.22. The molecule has 67 valence electrons. The Balaban J connectivity index is 0.00000121. The summed E-state index contributed by atoms with van der Waals surface area (Å²) >= 11 is 0. The third kappa shape index (κ3) is 3.96. The van der Waals surface area contributed by atoms with Gasteiger partial charge in [0.2, 0.25) is 0 Å². The first-order chi connectivity index (χ1) is 5.29. The summed E-state index contributed by atoms with van der Waals surface area (Å²) in [7, 11) is 0. The Kier molecular flexibility index (Phi) is 5.09. The molecule has 0 fully saturated rings. The van der Waals surface area contributed by atoms with Crippen LogP contribution < -0.4 is 0 Å². The molecule has 12 heavy (non-hydrogen) atoms. The van der Waals surface area contributed by atoms with Crippen LogP contribution in [0.15, 0.2) is 36.4 Å². The molecule has 0 aromatic heterocycles. The number of aliphatic carboxylic acids is 1. The molecule has 0 aliphatic heterocycles. The standard InChI is InChI=1S/C9H8O2.Cu/c10-9(11)7-6-8-4-2-1-3-5-8;/h1-7H,(H,10,11);. The number of benzene rings is 1. The maximum absolute atomic E-state index is 10.1. The number of carboxylic acids is 1. The van der Waals surface area contributed by atoms with Crippen molar-refractivity contribution in [3.05, 3.63) is 42.0 Å². The molecular weight excluding hydrogens is 204 g/mol. The van der Waals surface area contributed by atoms with Crippen LogP contribution >= 0.6 is 0 Å². The summed E-state index contributed by atoms with van der Waals surface area (Å²) in [6.45, 7) is 0. The maximum Gasteiger partial charge on any atom is 0.328 e. The van der Waals surface area contributed by atoms with Crippen LogP contribution in [0, 0.1) is 0 Å². The van der Waals surface area contributed by atoms with E-state index in [-0.39, 0.29) is 17.1 Å². The summed E-state index contributed by atoms with van der Waals surface area (Å²) in [6, 6.07) is 9.31. The van der Waals surface area contributed by atoms with E-state index in [1.54, 1.807) is 6.08 Å². The number of hydrogen-bond acceptors (Lipinski definition) is 1. The Bertz CT molecular complexity index is 267. The van der Waals surface area contributed by atoms with E-state index in [0.29, 0.717) is 0 Å². The predicted molar refractivity (Wildman–Crippen MR) is 43.1 cm³/mol. The summed E-state index contributed by atoms with van der Waals surface area (Å²) < 4.78 is 0. The van der Waals surface area contributed by atoms with Crippen LogP contribution in [-0.2, 0) is 21.9 Å². The topological polar surface area (TPSA) is 37.3 Å². The van der Waals surface area contributed by atoms with Gasteiger partial charge < -0.3 is 5.11 Å². The second-order valence-corrected chi connectivity index (χ2v) is 2.08. The van der Waals surface area contributed by atoms with E-state index in [0.717, 1.165) is 11.6 Å². The Hall–Kier alpha value is -1.05. The summed E-state index contributed by atoms with van der Waals surface area (Å²) in [4.78, 5) is 10.1. The Morgan fingerprint density at radius 1 is 1.25 bits per heavy atom. The zero-order valence-corrected chi connectivity index (χ0v) is 7.14. The van der Waals surface area contributed by atoms with Crippen molar-refractivity contribution >= 4 is 12.0 Å². The number of hydrogen-bond donors (Lipinski definition) is 1. The molecule has 1 aromatic rings. The molecule has 0 amide bonds. The van der Waals surface area contributed by atoms with Crippen molar-refractivity contribution in [2.45, 2.75) is 0 Å². The molecule has 0 unspecified atom stereocenters. The van der Waals surface area contributed by atoms with Crippen LogP contribution in [0.5, 0.6) is 0 Å². The zero-order valence-electron chi connectivity index (χ0n) is 6.20. The van der Waals surface area contributed by atoms with Gasteiger partial charge in [-0.3, -0.25) is 0 Å². The SMILES string of the molecule is O=C(O)C=Cc1ccccc1.[Cu]. The molecule has 3 heteroatoms. The van der Waals surface area contributed by atoms with Crippen LogP contribution in [0.3, 0.4) is 0 Å². The fourth-order valence-electron chi connectivity index (χ4n) is 0.732. The van der Waals surface area contributed by atoms with E-state index in [9.17, 15) is 4.79 Å². The molecule has 0 aliphatic carbocycles. The monoisotopic (exact) mass is 211 g/mol. The van der Waals surface area contributed by atoms with Crippen molar-refractivity contribution < 1.29 is 27.0 Å². The molecule has 0 aliphatic rings. The molecular formula is C9H8CuO2. The summed E-state index contributed by atoms with van der Waals surface area (Å²) in [5, 5.41) is 8.29. The van der Waals surface area contributed by atoms with Crippen molar-refractivity contribution in [2.75, 3.05) is 0 Å². The molecule has 0 bridgehead atoms. The van der Waals surface area contributed by atoms with Gasteiger partial charge in [-0.15, -0.1) is 0 Å². The molecule has 0 heterocycles. The van der Waals surface area contributed by atoms with Crippen molar-refractivity contribution in [2.24, 2.45) is 0 Å². The first kappa shape index (κ1) is 10.9. The average Bonchev–Trinajstić information content (AvgIpc) is 2.03. The maximum atomic E-state index is 10.1. The first-order valence-electron chi connectivity index (χ1n) is 3.25. The van der Waals surface area contributed by atoms with E-state index in [1.807, 2.05) is 30.3 Å². The molecule has 1 rings (SSSR count).